The predicted octanol–water partition coefficient (Wildman–Crippen LogP) is 7.72. The van der Waals surface area contributed by atoms with Gasteiger partial charge in [-0.15, -0.1) is 0 Å². The van der Waals surface area contributed by atoms with Gasteiger partial charge in [0.25, 0.3) is 0 Å². The Hall–Kier alpha value is -2.24. The minimum absolute atomic E-state index is 0.0327. The number of rotatable bonds is 5. The van der Waals surface area contributed by atoms with Crippen molar-refractivity contribution in [3.63, 3.8) is 0 Å². The summed E-state index contributed by atoms with van der Waals surface area (Å²) in [5.41, 5.74) is 2.84. The molecule has 0 spiro atoms. The van der Waals surface area contributed by atoms with Crippen molar-refractivity contribution in [3.05, 3.63) is 99.0 Å². The van der Waals surface area contributed by atoms with Gasteiger partial charge in [0.05, 0.1) is 6.61 Å². The number of benzene rings is 3. The Morgan fingerprint density at radius 3 is 2.39 bits per heavy atom. The molecule has 1 heterocycles. The molecule has 3 aromatic rings. The number of carbonyl (C=O) groups is 1. The second kappa shape index (κ2) is 10.8. The lowest BCUT2D eigenvalue weighted by Crippen LogP contribution is -2.47. The van der Waals surface area contributed by atoms with Gasteiger partial charge in [-0.25, -0.2) is 4.79 Å². The van der Waals surface area contributed by atoms with Crippen molar-refractivity contribution in [2.45, 2.75) is 31.3 Å². The molecule has 1 fully saturated rings. The van der Waals surface area contributed by atoms with E-state index in [4.69, 9.17) is 39.5 Å². The van der Waals surface area contributed by atoms with Crippen LogP contribution in [0.25, 0.3) is 0 Å². The molecular weight excluding hydrogens is 479 g/mol. The first kappa shape index (κ1) is 23.9. The Bertz CT molecular complexity index is 1090. The fourth-order valence-corrected chi connectivity index (χ4v) is 5.05. The van der Waals surface area contributed by atoms with Gasteiger partial charge in [-0.05, 0) is 60.9 Å². The maximum Gasteiger partial charge on any atom is 0.411 e. The Morgan fingerprint density at radius 2 is 1.70 bits per heavy atom. The zero-order chi connectivity index (χ0) is 23.4. The summed E-state index contributed by atoms with van der Waals surface area (Å²) in [4.78, 5) is 12.3. The van der Waals surface area contributed by atoms with Crippen molar-refractivity contribution in [2.24, 2.45) is 5.92 Å². The molecule has 4 unspecified atom stereocenters. The maximum absolute atomic E-state index is 12.3. The third kappa shape index (κ3) is 6.01. The quantitative estimate of drug-likeness (QED) is 0.375. The molecule has 172 valence electrons. The van der Waals surface area contributed by atoms with Crippen LogP contribution in [0.15, 0.2) is 72.8 Å². The molecule has 0 bridgehead atoms. The Morgan fingerprint density at radius 1 is 1.00 bits per heavy atom. The summed E-state index contributed by atoms with van der Waals surface area (Å²) in [6, 6.07) is 22.9. The first-order chi connectivity index (χ1) is 15.9. The number of halogens is 3. The average Bonchev–Trinajstić information content (AvgIpc) is 2.80. The van der Waals surface area contributed by atoms with Gasteiger partial charge < -0.3 is 10.1 Å². The largest absolute Gasteiger partial charge is 0.449 e. The summed E-state index contributed by atoms with van der Waals surface area (Å²) >= 11 is 18.9. The number of amides is 1. The second-order valence-corrected chi connectivity index (χ2v) is 9.62. The molecule has 7 heteroatoms. The van der Waals surface area contributed by atoms with E-state index in [1.165, 1.54) is 0 Å². The molecule has 1 saturated heterocycles. The molecule has 4 nitrogen and oxygen atoms in total. The van der Waals surface area contributed by atoms with Crippen LogP contribution in [0.5, 0.6) is 0 Å². The molecule has 1 aliphatic rings. The standard InChI is InChI=1S/C26H25Cl3N2O2/c1-16-18(15-33-26(32)31-21-5-3-2-4-6-21)13-23(22-12-11-20(28)14-24(22)29)25(30-16)17-7-9-19(27)10-8-17/h2-12,14,16,18,23,25,30H,13,15H2,1H3,(H,31,32). The van der Waals surface area contributed by atoms with Crippen LogP contribution in [-0.4, -0.2) is 18.7 Å². The number of hydrogen-bond donors (Lipinski definition) is 2. The van der Waals surface area contributed by atoms with Crippen LogP contribution in [-0.2, 0) is 4.74 Å². The fraction of sp³-hybridized carbons (Fsp3) is 0.269. The van der Waals surface area contributed by atoms with Gasteiger partial charge in [-0.2, -0.15) is 0 Å². The SMILES string of the molecule is CC1NC(c2ccc(Cl)cc2)C(c2ccc(Cl)cc2Cl)CC1COC(=O)Nc1ccccc1. The summed E-state index contributed by atoms with van der Waals surface area (Å²) < 4.78 is 5.58. The molecule has 3 aromatic carbocycles. The maximum atomic E-state index is 12.3. The molecule has 33 heavy (non-hydrogen) atoms. The number of hydrogen-bond acceptors (Lipinski definition) is 3. The van der Waals surface area contributed by atoms with Gasteiger partial charge in [-0.1, -0.05) is 71.2 Å². The molecule has 2 N–H and O–H groups in total. The van der Waals surface area contributed by atoms with Crippen molar-refractivity contribution in [2.75, 3.05) is 11.9 Å². The topological polar surface area (TPSA) is 50.4 Å². The third-order valence-electron chi connectivity index (χ3n) is 6.15. The highest BCUT2D eigenvalue weighted by atomic mass is 35.5. The minimum atomic E-state index is -0.464. The van der Waals surface area contributed by atoms with E-state index in [1.807, 2.05) is 66.7 Å². The Balaban J connectivity index is 1.52. The molecule has 0 saturated carbocycles. The van der Waals surface area contributed by atoms with Gasteiger partial charge in [-0.3, -0.25) is 5.32 Å². The molecule has 4 rings (SSSR count). The Labute approximate surface area is 209 Å². The van der Waals surface area contributed by atoms with E-state index in [2.05, 4.69) is 17.6 Å². The summed E-state index contributed by atoms with van der Waals surface area (Å²) in [6.45, 7) is 2.41. The van der Waals surface area contributed by atoms with Crippen molar-refractivity contribution < 1.29 is 9.53 Å². The summed E-state index contributed by atoms with van der Waals surface area (Å²) in [5.74, 6) is 0.171. The molecule has 0 radical (unpaired) electrons. The van der Waals surface area contributed by atoms with Crippen molar-refractivity contribution in [1.82, 2.24) is 5.32 Å². The second-order valence-electron chi connectivity index (χ2n) is 8.34. The first-order valence-corrected chi connectivity index (χ1v) is 12.0. The monoisotopic (exact) mass is 502 g/mol. The minimum Gasteiger partial charge on any atom is -0.449 e. The molecule has 1 amide bonds. The fourth-order valence-electron chi connectivity index (χ4n) is 4.38. The van der Waals surface area contributed by atoms with Crippen LogP contribution in [0.2, 0.25) is 15.1 Å². The van der Waals surface area contributed by atoms with Crippen LogP contribution in [0.3, 0.4) is 0 Å². The van der Waals surface area contributed by atoms with E-state index in [0.717, 1.165) is 17.5 Å². The number of ether oxygens (including phenoxy) is 1. The van der Waals surface area contributed by atoms with Crippen LogP contribution in [0.4, 0.5) is 10.5 Å². The summed E-state index contributed by atoms with van der Waals surface area (Å²) in [6.07, 6.45) is 0.329. The van der Waals surface area contributed by atoms with Crippen LogP contribution in [0.1, 0.15) is 36.4 Å². The van der Waals surface area contributed by atoms with Gasteiger partial charge in [0, 0.05) is 44.7 Å². The van der Waals surface area contributed by atoms with E-state index in [-0.39, 0.29) is 23.9 Å². The molecule has 4 atom stereocenters. The van der Waals surface area contributed by atoms with E-state index in [0.29, 0.717) is 27.4 Å². The van der Waals surface area contributed by atoms with E-state index in [9.17, 15) is 4.79 Å². The molecule has 0 aromatic heterocycles. The van der Waals surface area contributed by atoms with E-state index in [1.54, 1.807) is 6.07 Å². The number of nitrogens with one attached hydrogen (secondary N) is 2. The van der Waals surface area contributed by atoms with Crippen LogP contribution >= 0.6 is 34.8 Å². The normalized spacial score (nSPS) is 22.5. The van der Waals surface area contributed by atoms with Gasteiger partial charge in [0.15, 0.2) is 0 Å². The lowest BCUT2D eigenvalue weighted by Gasteiger charge is -2.42. The zero-order valence-corrected chi connectivity index (χ0v) is 20.4. The van der Waals surface area contributed by atoms with Crippen molar-refractivity contribution in [3.8, 4) is 0 Å². The molecule has 0 aliphatic carbocycles. The lowest BCUT2D eigenvalue weighted by molar-refractivity contribution is 0.103. The number of para-hydroxylation sites is 1. The molecule has 1 aliphatic heterocycles. The highest BCUT2D eigenvalue weighted by Crippen LogP contribution is 2.44. The van der Waals surface area contributed by atoms with Crippen molar-refractivity contribution in [1.29, 1.82) is 0 Å². The van der Waals surface area contributed by atoms with Crippen LogP contribution in [0, 0.1) is 5.92 Å². The van der Waals surface area contributed by atoms with Crippen molar-refractivity contribution >= 4 is 46.6 Å². The van der Waals surface area contributed by atoms with Gasteiger partial charge in [0.2, 0.25) is 0 Å². The lowest BCUT2D eigenvalue weighted by atomic mass is 9.75. The predicted molar refractivity (Wildman–Crippen MR) is 136 cm³/mol. The van der Waals surface area contributed by atoms with E-state index >= 15 is 0 Å². The Kier molecular flexibility index (Phi) is 7.82. The zero-order valence-electron chi connectivity index (χ0n) is 18.1. The van der Waals surface area contributed by atoms with Gasteiger partial charge >= 0.3 is 6.09 Å². The molecular formula is C26H25Cl3N2O2. The summed E-state index contributed by atoms with van der Waals surface area (Å²) in [5, 5.41) is 8.41. The van der Waals surface area contributed by atoms with Gasteiger partial charge in [0.1, 0.15) is 0 Å². The highest BCUT2D eigenvalue weighted by Gasteiger charge is 2.37. The highest BCUT2D eigenvalue weighted by molar-refractivity contribution is 6.35. The van der Waals surface area contributed by atoms with E-state index < -0.39 is 6.09 Å². The first-order valence-electron chi connectivity index (χ1n) is 10.9. The number of piperidine rings is 1. The average molecular weight is 504 g/mol. The smallest absolute Gasteiger partial charge is 0.411 e. The summed E-state index contributed by atoms with van der Waals surface area (Å²) in [7, 11) is 0. The third-order valence-corrected chi connectivity index (χ3v) is 6.96. The number of anilines is 1. The number of carbonyl (C=O) groups excluding carboxylic acids is 1. The van der Waals surface area contributed by atoms with Crippen LogP contribution < -0.4 is 10.6 Å².